The van der Waals surface area contributed by atoms with Crippen molar-refractivity contribution >= 4 is 29.1 Å². The maximum absolute atomic E-state index is 5.81. The molecule has 0 aliphatic rings. The summed E-state index contributed by atoms with van der Waals surface area (Å²) in [7, 11) is 0. The zero-order valence-corrected chi connectivity index (χ0v) is 11.6. The van der Waals surface area contributed by atoms with Crippen LogP contribution in [0.4, 0.5) is 5.69 Å². The predicted molar refractivity (Wildman–Crippen MR) is 74.9 cm³/mol. The Labute approximate surface area is 115 Å². The van der Waals surface area contributed by atoms with E-state index in [1.54, 1.807) is 11.8 Å². The van der Waals surface area contributed by atoms with Gasteiger partial charge in [-0.25, -0.2) is 0 Å². The zero-order chi connectivity index (χ0) is 12.8. The molecule has 1 aromatic carbocycles. The molecule has 0 aliphatic heterocycles. The van der Waals surface area contributed by atoms with Gasteiger partial charge in [0.25, 0.3) is 0 Å². The minimum absolute atomic E-state index is 0.519. The molecule has 0 aliphatic carbocycles. The quantitative estimate of drug-likeness (QED) is 0.878. The maximum Gasteiger partial charge on any atom is 0.245 e. The Morgan fingerprint density at radius 2 is 2.11 bits per heavy atom. The number of thioether (sulfide) groups is 1. The van der Waals surface area contributed by atoms with E-state index in [0.717, 1.165) is 28.0 Å². The molecule has 1 heterocycles. The van der Waals surface area contributed by atoms with E-state index in [4.69, 9.17) is 16.1 Å². The molecule has 4 nitrogen and oxygen atoms in total. The molecule has 0 amide bonds. The molecular formula is C12H14ClN3OS. The first-order valence-corrected chi connectivity index (χ1v) is 7.20. The van der Waals surface area contributed by atoms with Gasteiger partial charge in [0.15, 0.2) is 5.82 Å². The molecule has 2 aromatic rings. The summed E-state index contributed by atoms with van der Waals surface area (Å²) in [6.45, 7) is 2.62. The molecule has 0 saturated heterocycles. The van der Waals surface area contributed by atoms with Crippen molar-refractivity contribution in [3.05, 3.63) is 41.0 Å². The fraction of sp³-hybridized carbons (Fsp3) is 0.333. The van der Waals surface area contributed by atoms with Crippen LogP contribution in [0.15, 0.2) is 28.8 Å². The second-order valence-corrected chi connectivity index (χ2v) is 5.31. The second kappa shape index (κ2) is 6.66. The highest BCUT2D eigenvalue weighted by atomic mass is 35.5. The molecule has 0 fully saturated rings. The summed E-state index contributed by atoms with van der Waals surface area (Å²) in [6.07, 6.45) is 0. The van der Waals surface area contributed by atoms with Gasteiger partial charge in [-0.1, -0.05) is 23.7 Å². The van der Waals surface area contributed by atoms with Crippen molar-refractivity contribution < 1.29 is 4.52 Å². The highest BCUT2D eigenvalue weighted by Crippen LogP contribution is 2.14. The van der Waals surface area contributed by atoms with Gasteiger partial charge in [0, 0.05) is 10.7 Å². The minimum atomic E-state index is 0.519. The molecule has 1 N–H and O–H groups in total. The van der Waals surface area contributed by atoms with Gasteiger partial charge in [-0.3, -0.25) is 0 Å². The van der Waals surface area contributed by atoms with Crippen LogP contribution in [-0.2, 0) is 12.3 Å². The summed E-state index contributed by atoms with van der Waals surface area (Å²) in [5, 5.41) is 7.83. The van der Waals surface area contributed by atoms with Gasteiger partial charge in [-0.15, -0.1) is 0 Å². The molecule has 0 atom stereocenters. The van der Waals surface area contributed by atoms with Crippen LogP contribution in [0.2, 0.25) is 5.02 Å². The second-order valence-electron chi connectivity index (χ2n) is 3.60. The van der Waals surface area contributed by atoms with Crippen LogP contribution in [0.1, 0.15) is 18.6 Å². The Kier molecular flexibility index (Phi) is 4.90. The third-order valence-corrected chi connectivity index (χ3v) is 3.36. The third-order valence-electron chi connectivity index (χ3n) is 2.23. The van der Waals surface area contributed by atoms with Crippen molar-refractivity contribution in [2.75, 3.05) is 11.1 Å². The van der Waals surface area contributed by atoms with Gasteiger partial charge in [-0.05, 0) is 30.0 Å². The first-order valence-electron chi connectivity index (χ1n) is 5.66. The van der Waals surface area contributed by atoms with Crippen molar-refractivity contribution in [3.8, 4) is 0 Å². The molecule has 0 bridgehead atoms. The van der Waals surface area contributed by atoms with Crippen molar-refractivity contribution in [1.29, 1.82) is 0 Å². The summed E-state index contributed by atoms with van der Waals surface area (Å²) in [6, 6.07) is 7.49. The highest BCUT2D eigenvalue weighted by molar-refractivity contribution is 7.98. The average Bonchev–Trinajstić information content (AvgIpc) is 2.84. The van der Waals surface area contributed by atoms with Crippen molar-refractivity contribution in [3.63, 3.8) is 0 Å². The molecule has 1 aromatic heterocycles. The zero-order valence-electron chi connectivity index (χ0n) is 10.0. The first-order chi connectivity index (χ1) is 8.78. The number of nitrogens with one attached hydrogen (secondary N) is 1. The van der Waals surface area contributed by atoms with Crippen molar-refractivity contribution in [1.82, 2.24) is 10.1 Å². The lowest BCUT2D eigenvalue weighted by Crippen LogP contribution is -1.99. The fourth-order valence-corrected chi connectivity index (χ4v) is 1.99. The Morgan fingerprint density at radius 3 is 2.83 bits per heavy atom. The molecule has 0 saturated carbocycles. The van der Waals surface area contributed by atoms with Gasteiger partial charge in [0.1, 0.15) is 0 Å². The molecule has 2 rings (SSSR count). The van der Waals surface area contributed by atoms with Gasteiger partial charge in [0.05, 0.1) is 12.3 Å². The number of aromatic nitrogens is 2. The van der Waals surface area contributed by atoms with Crippen LogP contribution >= 0.6 is 23.4 Å². The molecule has 18 heavy (non-hydrogen) atoms. The van der Waals surface area contributed by atoms with E-state index in [-0.39, 0.29) is 0 Å². The predicted octanol–water partition coefficient (Wildman–Crippen LogP) is 3.59. The molecule has 96 valence electrons. The van der Waals surface area contributed by atoms with E-state index in [0.29, 0.717) is 12.4 Å². The lowest BCUT2D eigenvalue weighted by molar-refractivity contribution is 0.379. The van der Waals surface area contributed by atoms with Gasteiger partial charge in [0.2, 0.25) is 5.89 Å². The number of rotatable bonds is 6. The van der Waals surface area contributed by atoms with Gasteiger partial charge >= 0.3 is 0 Å². The van der Waals surface area contributed by atoms with Gasteiger partial charge < -0.3 is 9.84 Å². The van der Waals surface area contributed by atoms with Crippen LogP contribution in [0.5, 0.6) is 0 Å². The van der Waals surface area contributed by atoms with Crippen LogP contribution < -0.4 is 5.32 Å². The van der Waals surface area contributed by atoms with Crippen LogP contribution in [0, 0.1) is 0 Å². The van der Waals surface area contributed by atoms with Crippen LogP contribution in [0.3, 0.4) is 0 Å². The Morgan fingerprint density at radius 1 is 1.33 bits per heavy atom. The largest absolute Gasteiger partial charge is 0.376 e. The standard InChI is InChI=1S/C12H14ClN3OS/c1-2-18-8-11-15-12(17-16-11)7-14-10-5-3-9(13)4-6-10/h3-6,14H,2,7-8H2,1H3. The Hall–Kier alpha value is -1.20. The van der Waals surface area contributed by atoms with E-state index in [1.165, 1.54) is 0 Å². The Balaban J connectivity index is 1.86. The molecule has 0 spiro atoms. The minimum Gasteiger partial charge on any atom is -0.376 e. The van der Waals surface area contributed by atoms with E-state index in [1.807, 2.05) is 24.3 Å². The topological polar surface area (TPSA) is 51.0 Å². The lowest BCUT2D eigenvalue weighted by Gasteiger charge is -2.02. The summed E-state index contributed by atoms with van der Waals surface area (Å²) in [5.41, 5.74) is 0.974. The van der Waals surface area contributed by atoms with Gasteiger partial charge in [-0.2, -0.15) is 16.7 Å². The van der Waals surface area contributed by atoms with E-state index >= 15 is 0 Å². The number of halogens is 1. The number of hydrogen-bond donors (Lipinski definition) is 1. The molecule has 0 radical (unpaired) electrons. The molecule has 6 heteroatoms. The average molecular weight is 284 g/mol. The monoisotopic (exact) mass is 283 g/mol. The van der Waals surface area contributed by atoms with Crippen molar-refractivity contribution in [2.24, 2.45) is 0 Å². The number of benzene rings is 1. The first kappa shape index (κ1) is 13.2. The van der Waals surface area contributed by atoms with E-state index in [9.17, 15) is 0 Å². The molecule has 0 unspecified atom stereocenters. The highest BCUT2D eigenvalue weighted by Gasteiger charge is 2.05. The molecular weight excluding hydrogens is 270 g/mol. The SMILES string of the molecule is CCSCc1noc(CNc2ccc(Cl)cc2)n1. The smallest absolute Gasteiger partial charge is 0.245 e. The van der Waals surface area contributed by atoms with Crippen LogP contribution in [0.25, 0.3) is 0 Å². The fourth-order valence-electron chi connectivity index (χ4n) is 1.36. The summed E-state index contributed by atoms with van der Waals surface area (Å²) >= 11 is 7.58. The lowest BCUT2D eigenvalue weighted by atomic mass is 10.3. The van der Waals surface area contributed by atoms with Crippen molar-refractivity contribution in [2.45, 2.75) is 19.2 Å². The summed E-state index contributed by atoms with van der Waals surface area (Å²) in [5.74, 6) is 3.18. The third kappa shape index (κ3) is 3.92. The van der Waals surface area contributed by atoms with Crippen LogP contribution in [-0.4, -0.2) is 15.9 Å². The number of hydrogen-bond acceptors (Lipinski definition) is 5. The normalized spacial score (nSPS) is 10.6. The number of nitrogens with zero attached hydrogens (tertiary/aromatic N) is 2. The van der Waals surface area contributed by atoms with E-state index < -0.39 is 0 Å². The van der Waals surface area contributed by atoms with E-state index in [2.05, 4.69) is 22.4 Å². The summed E-state index contributed by atoms with van der Waals surface area (Å²) < 4.78 is 5.14. The maximum atomic E-state index is 5.81. The Bertz CT molecular complexity index is 486. The summed E-state index contributed by atoms with van der Waals surface area (Å²) in [4.78, 5) is 4.29. The number of anilines is 1.